The van der Waals surface area contributed by atoms with Crippen LogP contribution in [-0.2, 0) is 5.41 Å². The van der Waals surface area contributed by atoms with Crippen molar-refractivity contribution in [2.45, 2.75) is 64.2 Å². The first-order valence-corrected chi connectivity index (χ1v) is 7.55. The van der Waals surface area contributed by atoms with Gasteiger partial charge in [-0.25, -0.2) is 0 Å². The van der Waals surface area contributed by atoms with Gasteiger partial charge in [0, 0.05) is 17.5 Å². The van der Waals surface area contributed by atoms with Gasteiger partial charge in [-0.2, -0.15) is 0 Å². The second-order valence-electron chi connectivity index (χ2n) is 6.40. The molecular formula is C17H27NO. The summed E-state index contributed by atoms with van der Waals surface area (Å²) in [6.07, 6.45) is 5.97. The van der Waals surface area contributed by atoms with Crippen LogP contribution >= 0.6 is 0 Å². The van der Waals surface area contributed by atoms with Gasteiger partial charge in [-0.1, -0.05) is 45.2 Å². The molecule has 2 rings (SSSR count). The van der Waals surface area contributed by atoms with Crippen molar-refractivity contribution in [1.29, 1.82) is 0 Å². The van der Waals surface area contributed by atoms with Gasteiger partial charge in [0.15, 0.2) is 0 Å². The highest BCUT2D eigenvalue weighted by Crippen LogP contribution is 2.46. The lowest BCUT2D eigenvalue weighted by Crippen LogP contribution is -2.38. The number of hydrogen-bond donors (Lipinski definition) is 2. The number of phenolic OH excluding ortho intramolecular Hbond substituents is 1. The van der Waals surface area contributed by atoms with Crippen LogP contribution in [-0.4, -0.2) is 11.7 Å². The van der Waals surface area contributed by atoms with Crippen LogP contribution in [0.25, 0.3) is 0 Å². The van der Waals surface area contributed by atoms with E-state index in [2.05, 4.69) is 32.9 Å². The first-order valence-electron chi connectivity index (χ1n) is 7.55. The molecule has 0 spiro atoms. The van der Waals surface area contributed by atoms with Gasteiger partial charge in [-0.05, 0) is 36.8 Å². The Morgan fingerprint density at radius 2 is 1.84 bits per heavy atom. The zero-order chi connectivity index (χ0) is 14.0. The number of nitrogens with two attached hydrogens (primary N) is 1. The van der Waals surface area contributed by atoms with Crippen molar-refractivity contribution in [3.05, 3.63) is 28.8 Å². The first-order chi connectivity index (χ1) is 9.02. The maximum absolute atomic E-state index is 10.7. The van der Waals surface area contributed by atoms with Crippen molar-refractivity contribution in [3.63, 3.8) is 0 Å². The Bertz CT molecular complexity index is 445. The smallest absolute Gasteiger partial charge is 0.123 e. The van der Waals surface area contributed by atoms with Gasteiger partial charge in [0.1, 0.15) is 5.75 Å². The number of benzene rings is 1. The number of rotatable bonds is 3. The van der Waals surface area contributed by atoms with Crippen LogP contribution in [0.2, 0.25) is 0 Å². The van der Waals surface area contributed by atoms with Crippen molar-refractivity contribution in [2.75, 3.05) is 6.54 Å². The van der Waals surface area contributed by atoms with Gasteiger partial charge in [0.05, 0.1) is 0 Å². The third-order valence-corrected chi connectivity index (χ3v) is 4.77. The molecule has 2 nitrogen and oxygen atoms in total. The van der Waals surface area contributed by atoms with E-state index in [1.807, 2.05) is 0 Å². The average molecular weight is 261 g/mol. The van der Waals surface area contributed by atoms with Crippen molar-refractivity contribution in [1.82, 2.24) is 0 Å². The van der Waals surface area contributed by atoms with Crippen molar-refractivity contribution < 1.29 is 5.11 Å². The zero-order valence-corrected chi connectivity index (χ0v) is 12.5. The summed E-state index contributed by atoms with van der Waals surface area (Å²) in [5, 5.41) is 10.7. The summed E-state index contributed by atoms with van der Waals surface area (Å²) in [5.74, 6) is 0.847. The van der Waals surface area contributed by atoms with Crippen LogP contribution < -0.4 is 5.73 Å². The predicted octanol–water partition coefficient (Wildman–Crippen LogP) is 3.98. The van der Waals surface area contributed by atoms with Crippen LogP contribution in [0.5, 0.6) is 5.75 Å². The SMILES string of the molecule is Cc1ccc(C(C)C)c(O)c1C1(CN)CCCCC1. The molecule has 1 saturated carbocycles. The molecule has 0 unspecified atom stereocenters. The third kappa shape index (κ3) is 2.51. The van der Waals surface area contributed by atoms with E-state index in [4.69, 9.17) is 5.73 Å². The van der Waals surface area contributed by atoms with Crippen molar-refractivity contribution in [2.24, 2.45) is 5.73 Å². The third-order valence-electron chi connectivity index (χ3n) is 4.77. The second-order valence-corrected chi connectivity index (χ2v) is 6.40. The molecule has 106 valence electrons. The van der Waals surface area contributed by atoms with Gasteiger partial charge in [0.25, 0.3) is 0 Å². The minimum atomic E-state index is -0.00266. The fourth-order valence-corrected chi connectivity index (χ4v) is 3.63. The maximum Gasteiger partial charge on any atom is 0.123 e. The Labute approximate surface area is 117 Å². The van der Waals surface area contributed by atoms with Crippen LogP contribution in [0.15, 0.2) is 12.1 Å². The fourth-order valence-electron chi connectivity index (χ4n) is 3.63. The van der Waals surface area contributed by atoms with Crippen LogP contribution in [0.3, 0.4) is 0 Å². The van der Waals surface area contributed by atoms with E-state index in [0.29, 0.717) is 18.2 Å². The first kappa shape index (κ1) is 14.4. The van der Waals surface area contributed by atoms with E-state index in [1.54, 1.807) is 0 Å². The fraction of sp³-hybridized carbons (Fsp3) is 0.647. The van der Waals surface area contributed by atoms with Crippen molar-refractivity contribution >= 4 is 0 Å². The van der Waals surface area contributed by atoms with E-state index in [-0.39, 0.29) is 5.41 Å². The summed E-state index contributed by atoms with van der Waals surface area (Å²) in [7, 11) is 0. The molecule has 0 aromatic heterocycles. The number of aromatic hydroxyl groups is 1. The zero-order valence-electron chi connectivity index (χ0n) is 12.5. The Kier molecular flexibility index (Phi) is 4.19. The maximum atomic E-state index is 10.7. The summed E-state index contributed by atoms with van der Waals surface area (Å²) in [6, 6.07) is 4.21. The molecule has 1 fully saturated rings. The summed E-state index contributed by atoms with van der Waals surface area (Å²) in [4.78, 5) is 0. The molecule has 1 aromatic rings. The minimum absolute atomic E-state index is 0.00266. The van der Waals surface area contributed by atoms with Crippen LogP contribution in [0.1, 0.15) is 68.6 Å². The van der Waals surface area contributed by atoms with Gasteiger partial charge in [-0.15, -0.1) is 0 Å². The summed E-state index contributed by atoms with van der Waals surface area (Å²) in [5.41, 5.74) is 9.49. The molecular weight excluding hydrogens is 234 g/mol. The topological polar surface area (TPSA) is 46.2 Å². The normalized spacial score (nSPS) is 18.8. The lowest BCUT2D eigenvalue weighted by atomic mass is 9.67. The molecule has 2 heteroatoms. The Hall–Kier alpha value is -1.02. The Morgan fingerprint density at radius 1 is 1.21 bits per heavy atom. The van der Waals surface area contributed by atoms with E-state index >= 15 is 0 Å². The average Bonchev–Trinajstić information content (AvgIpc) is 2.39. The standard InChI is InChI=1S/C17H27NO/c1-12(2)14-8-7-13(3)15(16(14)19)17(11-18)9-5-4-6-10-17/h7-8,12,19H,4-6,9-11,18H2,1-3H3. The lowest BCUT2D eigenvalue weighted by molar-refractivity contribution is 0.288. The highest BCUT2D eigenvalue weighted by Gasteiger charge is 2.36. The lowest BCUT2D eigenvalue weighted by Gasteiger charge is -2.39. The largest absolute Gasteiger partial charge is 0.507 e. The molecule has 1 aromatic carbocycles. The Morgan fingerprint density at radius 3 is 2.37 bits per heavy atom. The molecule has 1 aliphatic rings. The van der Waals surface area contributed by atoms with Gasteiger partial charge < -0.3 is 10.8 Å². The second kappa shape index (κ2) is 5.54. The van der Waals surface area contributed by atoms with Crippen LogP contribution in [0.4, 0.5) is 0 Å². The molecule has 0 radical (unpaired) electrons. The number of hydrogen-bond acceptors (Lipinski definition) is 2. The Balaban J connectivity index is 2.56. The quantitative estimate of drug-likeness (QED) is 0.864. The van der Waals surface area contributed by atoms with E-state index in [1.165, 1.54) is 24.8 Å². The number of phenols is 1. The minimum Gasteiger partial charge on any atom is -0.507 e. The predicted molar refractivity (Wildman–Crippen MR) is 80.8 cm³/mol. The van der Waals surface area contributed by atoms with Gasteiger partial charge >= 0.3 is 0 Å². The molecule has 0 amide bonds. The van der Waals surface area contributed by atoms with Crippen LogP contribution in [0, 0.1) is 6.92 Å². The summed E-state index contributed by atoms with van der Waals surface area (Å²) < 4.78 is 0. The monoisotopic (exact) mass is 261 g/mol. The molecule has 0 atom stereocenters. The summed E-state index contributed by atoms with van der Waals surface area (Å²) >= 11 is 0. The highest BCUT2D eigenvalue weighted by atomic mass is 16.3. The van der Waals surface area contributed by atoms with E-state index in [0.717, 1.165) is 24.0 Å². The molecule has 19 heavy (non-hydrogen) atoms. The molecule has 0 aliphatic heterocycles. The molecule has 3 N–H and O–H groups in total. The van der Waals surface area contributed by atoms with Crippen molar-refractivity contribution in [3.8, 4) is 5.75 Å². The van der Waals surface area contributed by atoms with E-state index < -0.39 is 0 Å². The highest BCUT2D eigenvalue weighted by molar-refractivity contribution is 5.51. The molecule has 0 saturated heterocycles. The van der Waals surface area contributed by atoms with Gasteiger partial charge in [-0.3, -0.25) is 0 Å². The number of aryl methyl sites for hydroxylation is 1. The molecule has 0 bridgehead atoms. The molecule has 1 aliphatic carbocycles. The van der Waals surface area contributed by atoms with E-state index in [9.17, 15) is 5.11 Å². The molecule has 0 heterocycles. The summed E-state index contributed by atoms with van der Waals surface area (Å²) in [6.45, 7) is 7.00. The van der Waals surface area contributed by atoms with Gasteiger partial charge in [0.2, 0.25) is 0 Å².